The van der Waals surface area contributed by atoms with Crippen molar-refractivity contribution in [1.29, 1.82) is 0 Å². The second-order valence-electron chi connectivity index (χ2n) is 6.57. The summed E-state index contributed by atoms with van der Waals surface area (Å²) in [6.07, 6.45) is 5.53. The third-order valence-electron chi connectivity index (χ3n) is 4.56. The zero-order chi connectivity index (χ0) is 18.2. The number of carboxylic acids is 1. The van der Waals surface area contributed by atoms with E-state index in [0.717, 1.165) is 42.5 Å². The molecule has 0 aromatic heterocycles. The number of nitrogens with zero attached hydrogens (tertiary/aromatic N) is 1. The molecule has 1 atom stereocenters. The van der Waals surface area contributed by atoms with Gasteiger partial charge in [0.2, 0.25) is 0 Å². The third-order valence-corrected chi connectivity index (χ3v) is 4.56. The van der Waals surface area contributed by atoms with Crippen molar-refractivity contribution < 1.29 is 9.90 Å². The van der Waals surface area contributed by atoms with Crippen molar-refractivity contribution in [1.82, 2.24) is 0 Å². The molecule has 0 heterocycles. The van der Waals surface area contributed by atoms with Crippen molar-refractivity contribution in [2.24, 2.45) is 4.99 Å². The van der Waals surface area contributed by atoms with Gasteiger partial charge in [0.25, 0.3) is 0 Å². The monoisotopic (exact) mass is 337 g/mol. The summed E-state index contributed by atoms with van der Waals surface area (Å²) in [4.78, 5) is 15.8. The smallest absolute Gasteiger partial charge is 0.335 e. The van der Waals surface area contributed by atoms with Gasteiger partial charge in [-0.05, 0) is 67.9 Å². The maximum absolute atomic E-state index is 11.3. The molecule has 25 heavy (non-hydrogen) atoms. The van der Waals surface area contributed by atoms with Crippen LogP contribution in [0.3, 0.4) is 0 Å². The summed E-state index contributed by atoms with van der Waals surface area (Å²) >= 11 is 0. The van der Waals surface area contributed by atoms with Crippen LogP contribution >= 0.6 is 0 Å². The van der Waals surface area contributed by atoms with Crippen LogP contribution in [0.2, 0.25) is 0 Å². The Kier molecular flexibility index (Phi) is 6.93. The maximum atomic E-state index is 11.3. The molecule has 3 nitrogen and oxygen atoms in total. The van der Waals surface area contributed by atoms with Gasteiger partial charge in [-0.1, -0.05) is 43.7 Å². The van der Waals surface area contributed by atoms with E-state index in [9.17, 15) is 9.90 Å². The minimum absolute atomic E-state index is 0.406. The number of rotatable bonds is 8. The molecule has 0 aliphatic heterocycles. The first-order valence-corrected chi connectivity index (χ1v) is 8.96. The molecule has 0 saturated heterocycles. The molecule has 132 valence electrons. The van der Waals surface area contributed by atoms with Gasteiger partial charge in [0.05, 0.1) is 11.3 Å². The topological polar surface area (TPSA) is 49.7 Å². The molecule has 2 aromatic carbocycles. The van der Waals surface area contributed by atoms with Gasteiger partial charge in [-0.15, -0.1) is 0 Å². The van der Waals surface area contributed by atoms with Crippen LogP contribution in [-0.2, 0) is 6.42 Å². The van der Waals surface area contributed by atoms with Crippen LogP contribution in [0.1, 0.15) is 66.1 Å². The fraction of sp³-hybridized carbons (Fsp3) is 0.364. The molecule has 1 N–H and O–H groups in total. The van der Waals surface area contributed by atoms with E-state index in [0.29, 0.717) is 11.5 Å². The maximum Gasteiger partial charge on any atom is 0.335 e. The summed E-state index contributed by atoms with van der Waals surface area (Å²) in [6.45, 7) is 6.41. The van der Waals surface area contributed by atoms with Crippen LogP contribution in [0.15, 0.2) is 47.5 Å². The summed E-state index contributed by atoms with van der Waals surface area (Å²) in [5.41, 5.74) is 4.71. The van der Waals surface area contributed by atoms with Crippen LogP contribution in [0.4, 0.5) is 5.69 Å². The van der Waals surface area contributed by atoms with Crippen LogP contribution in [0, 0.1) is 6.92 Å². The average Bonchev–Trinajstić information content (AvgIpc) is 2.60. The number of aliphatic imine (C=N–C) groups is 1. The van der Waals surface area contributed by atoms with Crippen LogP contribution in [0.5, 0.6) is 0 Å². The number of unbranched alkanes of at least 4 members (excludes halogenated alkanes) is 1. The molecular formula is C22H27NO2. The van der Waals surface area contributed by atoms with Crippen molar-refractivity contribution >= 4 is 17.9 Å². The summed E-state index contributed by atoms with van der Waals surface area (Å²) in [5, 5.41) is 9.27. The lowest BCUT2D eigenvalue weighted by atomic mass is 9.98. The minimum atomic E-state index is -0.856. The lowest BCUT2D eigenvalue weighted by Crippen LogP contribution is -2.03. The SMILES string of the molecule is CCC(C)c1cccc(N=CCCCc2cc(C)ccc2C(=O)O)c1. The molecule has 0 bridgehead atoms. The Morgan fingerprint density at radius 2 is 2.04 bits per heavy atom. The highest BCUT2D eigenvalue weighted by molar-refractivity contribution is 5.89. The van der Waals surface area contributed by atoms with Gasteiger partial charge in [0, 0.05) is 6.21 Å². The van der Waals surface area contributed by atoms with E-state index in [1.54, 1.807) is 6.07 Å². The predicted octanol–water partition coefficient (Wildman–Crippen LogP) is 5.93. The van der Waals surface area contributed by atoms with E-state index in [1.165, 1.54) is 5.56 Å². The number of hydrogen-bond acceptors (Lipinski definition) is 2. The summed E-state index contributed by atoms with van der Waals surface area (Å²) in [5.74, 6) is -0.309. The van der Waals surface area contributed by atoms with E-state index in [-0.39, 0.29) is 0 Å². The summed E-state index contributed by atoms with van der Waals surface area (Å²) in [7, 11) is 0. The quantitative estimate of drug-likeness (QED) is 0.479. The van der Waals surface area contributed by atoms with Crippen molar-refractivity contribution in [3.63, 3.8) is 0 Å². The van der Waals surface area contributed by atoms with Gasteiger partial charge in [-0.25, -0.2) is 4.79 Å². The van der Waals surface area contributed by atoms with E-state index in [2.05, 4.69) is 37.0 Å². The van der Waals surface area contributed by atoms with Crippen LogP contribution in [-0.4, -0.2) is 17.3 Å². The second kappa shape index (κ2) is 9.16. The predicted molar refractivity (Wildman–Crippen MR) is 104 cm³/mol. The highest BCUT2D eigenvalue weighted by Crippen LogP contribution is 2.23. The van der Waals surface area contributed by atoms with Gasteiger partial charge in [0.15, 0.2) is 0 Å². The number of aromatic carboxylic acids is 1. The molecule has 0 aliphatic carbocycles. The molecule has 0 saturated carbocycles. The zero-order valence-electron chi connectivity index (χ0n) is 15.3. The second-order valence-corrected chi connectivity index (χ2v) is 6.57. The Balaban J connectivity index is 1.92. The molecule has 0 amide bonds. The standard InChI is InChI=1S/C22H27NO2/c1-4-17(3)18-9-7-10-20(15-18)23-13-6-5-8-19-14-16(2)11-12-21(19)22(24)25/h7,9-15,17H,4-6,8H2,1-3H3,(H,24,25). The molecular weight excluding hydrogens is 310 g/mol. The lowest BCUT2D eigenvalue weighted by molar-refractivity contribution is 0.0695. The molecule has 2 aromatic rings. The third kappa shape index (κ3) is 5.56. The minimum Gasteiger partial charge on any atom is -0.478 e. The van der Waals surface area contributed by atoms with Gasteiger partial charge in [-0.2, -0.15) is 0 Å². The van der Waals surface area contributed by atoms with Gasteiger partial charge >= 0.3 is 5.97 Å². The molecule has 0 spiro atoms. The number of carboxylic acid groups (broad SMARTS) is 1. The molecule has 3 heteroatoms. The van der Waals surface area contributed by atoms with Gasteiger partial charge in [0.1, 0.15) is 0 Å². The molecule has 0 fully saturated rings. The van der Waals surface area contributed by atoms with Crippen LogP contribution < -0.4 is 0 Å². The normalized spacial score (nSPS) is 12.4. The Hall–Kier alpha value is -2.42. The Labute approximate surface area is 150 Å². The van der Waals surface area contributed by atoms with E-state index in [4.69, 9.17) is 0 Å². The highest BCUT2D eigenvalue weighted by atomic mass is 16.4. The fourth-order valence-corrected chi connectivity index (χ4v) is 2.84. The van der Waals surface area contributed by atoms with Crippen molar-refractivity contribution in [3.05, 3.63) is 64.7 Å². The average molecular weight is 337 g/mol. The van der Waals surface area contributed by atoms with Crippen molar-refractivity contribution in [3.8, 4) is 0 Å². The first kappa shape index (κ1) is 18.9. The Morgan fingerprint density at radius 3 is 2.76 bits per heavy atom. The molecule has 0 aliphatic rings. The van der Waals surface area contributed by atoms with Crippen molar-refractivity contribution in [2.45, 2.75) is 52.4 Å². The number of carbonyl (C=O) groups is 1. The zero-order valence-corrected chi connectivity index (χ0v) is 15.3. The summed E-state index contributed by atoms with van der Waals surface area (Å²) in [6, 6.07) is 13.9. The summed E-state index contributed by atoms with van der Waals surface area (Å²) < 4.78 is 0. The Bertz CT molecular complexity index is 749. The van der Waals surface area contributed by atoms with E-state index >= 15 is 0 Å². The Morgan fingerprint density at radius 1 is 1.24 bits per heavy atom. The van der Waals surface area contributed by atoms with Crippen molar-refractivity contribution in [2.75, 3.05) is 0 Å². The highest BCUT2D eigenvalue weighted by Gasteiger charge is 2.09. The largest absolute Gasteiger partial charge is 0.478 e. The number of benzene rings is 2. The van der Waals surface area contributed by atoms with E-state index < -0.39 is 5.97 Å². The molecule has 2 rings (SSSR count). The molecule has 1 unspecified atom stereocenters. The van der Waals surface area contributed by atoms with Crippen LogP contribution in [0.25, 0.3) is 0 Å². The van der Waals surface area contributed by atoms with Gasteiger partial charge in [-0.3, -0.25) is 4.99 Å². The first-order chi connectivity index (χ1) is 12.0. The van der Waals surface area contributed by atoms with Gasteiger partial charge < -0.3 is 5.11 Å². The number of hydrogen-bond donors (Lipinski definition) is 1. The lowest BCUT2D eigenvalue weighted by Gasteiger charge is -2.09. The molecule has 0 radical (unpaired) electrons. The fourth-order valence-electron chi connectivity index (χ4n) is 2.84. The first-order valence-electron chi connectivity index (χ1n) is 8.96. The van der Waals surface area contributed by atoms with E-state index in [1.807, 2.05) is 31.3 Å². The number of aryl methyl sites for hydroxylation is 2.